The molecule has 0 heterocycles. The van der Waals surface area contributed by atoms with Gasteiger partial charge in [-0.3, -0.25) is 0 Å². The average Bonchev–Trinajstić information content (AvgIpc) is 2.79. The van der Waals surface area contributed by atoms with Crippen molar-refractivity contribution in [2.75, 3.05) is 0 Å². The molecule has 0 heteroatoms. The topological polar surface area (TPSA) is 0 Å². The second-order valence-corrected chi connectivity index (χ2v) is 9.63. The minimum atomic E-state index is 0.713. The lowest BCUT2D eigenvalue weighted by atomic mass is 9.44. The molecule has 0 nitrogen and oxygen atoms in total. The Morgan fingerprint density at radius 1 is 0.800 bits per heavy atom. The standard InChI is InChI=1S/C20H34/c1-14-6-7-15-8-9-16-17-5-4-11-19(17,2)12-10-18(16)20(15,3)13-14/h14-18H,4-13H2,1-3H3/t14?,15?,16-,17-,18-,19-,20-/m0/s1. The van der Waals surface area contributed by atoms with Crippen LogP contribution in [0.5, 0.6) is 0 Å². The van der Waals surface area contributed by atoms with E-state index in [-0.39, 0.29) is 0 Å². The van der Waals surface area contributed by atoms with Crippen LogP contribution >= 0.6 is 0 Å². The van der Waals surface area contributed by atoms with E-state index < -0.39 is 0 Å². The van der Waals surface area contributed by atoms with Gasteiger partial charge in [0.1, 0.15) is 0 Å². The van der Waals surface area contributed by atoms with Crippen LogP contribution in [0.15, 0.2) is 0 Å². The molecule has 20 heavy (non-hydrogen) atoms. The fourth-order valence-corrected chi connectivity index (χ4v) is 7.66. The van der Waals surface area contributed by atoms with Gasteiger partial charge in [0, 0.05) is 0 Å². The van der Waals surface area contributed by atoms with Gasteiger partial charge in [-0.1, -0.05) is 33.6 Å². The number of hydrogen-bond donors (Lipinski definition) is 0. The summed E-state index contributed by atoms with van der Waals surface area (Å²) in [6, 6.07) is 0. The predicted octanol–water partition coefficient (Wildman–Crippen LogP) is 6.06. The Labute approximate surface area is 126 Å². The van der Waals surface area contributed by atoms with Crippen molar-refractivity contribution in [3.05, 3.63) is 0 Å². The maximum absolute atomic E-state index is 2.71. The molecule has 0 aromatic carbocycles. The molecule has 114 valence electrons. The van der Waals surface area contributed by atoms with Crippen molar-refractivity contribution in [2.45, 2.75) is 85.0 Å². The Morgan fingerprint density at radius 2 is 1.60 bits per heavy atom. The van der Waals surface area contributed by atoms with E-state index >= 15 is 0 Å². The van der Waals surface area contributed by atoms with E-state index in [0.717, 1.165) is 35.0 Å². The van der Waals surface area contributed by atoms with E-state index in [9.17, 15) is 0 Å². The summed E-state index contributed by atoms with van der Waals surface area (Å²) in [4.78, 5) is 0. The van der Waals surface area contributed by atoms with Gasteiger partial charge in [0.2, 0.25) is 0 Å². The summed E-state index contributed by atoms with van der Waals surface area (Å²) < 4.78 is 0. The van der Waals surface area contributed by atoms with Crippen molar-refractivity contribution in [3.63, 3.8) is 0 Å². The summed E-state index contributed by atoms with van der Waals surface area (Å²) in [6.45, 7) is 7.87. The monoisotopic (exact) mass is 274 g/mol. The molecule has 0 spiro atoms. The predicted molar refractivity (Wildman–Crippen MR) is 85.5 cm³/mol. The zero-order chi connectivity index (χ0) is 14.0. The van der Waals surface area contributed by atoms with Gasteiger partial charge in [-0.05, 0) is 91.8 Å². The van der Waals surface area contributed by atoms with Crippen LogP contribution in [-0.4, -0.2) is 0 Å². The fraction of sp³-hybridized carbons (Fsp3) is 1.00. The van der Waals surface area contributed by atoms with Crippen molar-refractivity contribution in [1.82, 2.24) is 0 Å². The molecular weight excluding hydrogens is 240 g/mol. The lowest BCUT2D eigenvalue weighted by Gasteiger charge is -2.60. The van der Waals surface area contributed by atoms with Crippen LogP contribution in [0.4, 0.5) is 0 Å². The Kier molecular flexibility index (Phi) is 3.07. The van der Waals surface area contributed by atoms with Gasteiger partial charge in [0.05, 0.1) is 0 Å². The summed E-state index contributed by atoms with van der Waals surface area (Å²) in [6.07, 6.45) is 15.5. The van der Waals surface area contributed by atoms with E-state index in [0.29, 0.717) is 5.41 Å². The third-order valence-corrected chi connectivity index (χ3v) is 8.64. The molecule has 4 aliphatic carbocycles. The molecule has 0 radical (unpaired) electrons. The summed E-state index contributed by atoms with van der Waals surface area (Å²) in [7, 11) is 0. The summed E-state index contributed by atoms with van der Waals surface area (Å²) in [5, 5.41) is 0. The molecule has 2 unspecified atom stereocenters. The van der Waals surface area contributed by atoms with Crippen molar-refractivity contribution in [2.24, 2.45) is 40.4 Å². The highest BCUT2D eigenvalue weighted by Crippen LogP contribution is 2.66. The number of hydrogen-bond acceptors (Lipinski definition) is 0. The summed E-state index contributed by atoms with van der Waals surface area (Å²) in [5.41, 5.74) is 1.45. The van der Waals surface area contributed by atoms with Crippen molar-refractivity contribution in [3.8, 4) is 0 Å². The molecule has 0 aromatic rings. The maximum atomic E-state index is 2.71. The first kappa shape index (κ1) is 13.6. The molecule has 4 saturated carbocycles. The maximum Gasteiger partial charge on any atom is -0.0264 e. The van der Waals surface area contributed by atoms with Crippen LogP contribution < -0.4 is 0 Å². The zero-order valence-electron chi connectivity index (χ0n) is 14.0. The van der Waals surface area contributed by atoms with E-state index in [1.807, 2.05) is 0 Å². The highest BCUT2D eigenvalue weighted by molar-refractivity contribution is 5.07. The second-order valence-electron chi connectivity index (χ2n) is 9.63. The van der Waals surface area contributed by atoms with Gasteiger partial charge in [-0.25, -0.2) is 0 Å². The molecular formula is C20H34. The van der Waals surface area contributed by atoms with Crippen molar-refractivity contribution >= 4 is 0 Å². The lowest BCUT2D eigenvalue weighted by molar-refractivity contribution is -0.111. The molecule has 4 fully saturated rings. The Morgan fingerprint density at radius 3 is 2.45 bits per heavy atom. The van der Waals surface area contributed by atoms with Gasteiger partial charge in [-0.2, -0.15) is 0 Å². The van der Waals surface area contributed by atoms with Crippen molar-refractivity contribution in [1.29, 1.82) is 0 Å². The van der Waals surface area contributed by atoms with Crippen LogP contribution in [0.25, 0.3) is 0 Å². The third kappa shape index (κ3) is 1.78. The van der Waals surface area contributed by atoms with Crippen LogP contribution in [0.2, 0.25) is 0 Å². The molecule has 4 aliphatic rings. The van der Waals surface area contributed by atoms with Gasteiger partial charge in [0.15, 0.2) is 0 Å². The minimum Gasteiger partial charge on any atom is -0.0625 e. The first-order valence-electron chi connectivity index (χ1n) is 9.53. The lowest BCUT2D eigenvalue weighted by Crippen LogP contribution is -2.52. The molecule has 0 aromatic heterocycles. The minimum absolute atomic E-state index is 0.713. The first-order chi connectivity index (χ1) is 9.53. The molecule has 0 amide bonds. The average molecular weight is 274 g/mol. The second kappa shape index (κ2) is 4.50. The zero-order valence-corrected chi connectivity index (χ0v) is 14.0. The van der Waals surface area contributed by atoms with Crippen LogP contribution in [0, 0.1) is 40.4 Å². The molecule has 0 N–H and O–H groups in total. The van der Waals surface area contributed by atoms with Gasteiger partial charge in [-0.15, -0.1) is 0 Å². The van der Waals surface area contributed by atoms with Crippen LogP contribution in [0.3, 0.4) is 0 Å². The first-order valence-corrected chi connectivity index (χ1v) is 9.53. The van der Waals surface area contributed by atoms with E-state index in [1.54, 1.807) is 44.9 Å². The smallest absolute Gasteiger partial charge is 0.0264 e. The van der Waals surface area contributed by atoms with Crippen LogP contribution in [-0.2, 0) is 0 Å². The Balaban J connectivity index is 1.64. The van der Waals surface area contributed by atoms with Crippen molar-refractivity contribution < 1.29 is 0 Å². The Bertz CT molecular complexity index is 385. The normalized spacial score (nSPS) is 58.6. The number of fused-ring (bicyclic) bond motifs is 5. The molecule has 0 aliphatic heterocycles. The molecule has 0 bridgehead atoms. The van der Waals surface area contributed by atoms with E-state index in [2.05, 4.69) is 20.8 Å². The van der Waals surface area contributed by atoms with E-state index in [4.69, 9.17) is 0 Å². The highest BCUT2D eigenvalue weighted by Gasteiger charge is 2.57. The summed E-state index contributed by atoms with van der Waals surface area (Å²) >= 11 is 0. The molecule has 0 saturated heterocycles. The number of rotatable bonds is 0. The SMILES string of the molecule is CC1CCC2CC[C@H]3[C@@H]4CCC[C@@]4(C)CC[C@@H]3[C@@]2(C)C1. The Hall–Kier alpha value is 0. The van der Waals surface area contributed by atoms with E-state index in [1.165, 1.54) is 19.3 Å². The van der Waals surface area contributed by atoms with Crippen LogP contribution in [0.1, 0.15) is 85.0 Å². The molecule has 4 rings (SSSR count). The third-order valence-electron chi connectivity index (χ3n) is 8.64. The van der Waals surface area contributed by atoms with Gasteiger partial charge in [0.25, 0.3) is 0 Å². The largest absolute Gasteiger partial charge is 0.0625 e. The molecule has 7 atom stereocenters. The summed E-state index contributed by atoms with van der Waals surface area (Å²) in [5.74, 6) is 5.34. The van der Waals surface area contributed by atoms with Gasteiger partial charge < -0.3 is 0 Å². The fourth-order valence-electron chi connectivity index (χ4n) is 7.66. The highest BCUT2D eigenvalue weighted by atomic mass is 14.6. The van der Waals surface area contributed by atoms with Gasteiger partial charge >= 0.3 is 0 Å². The quantitative estimate of drug-likeness (QED) is 0.504.